The van der Waals surface area contributed by atoms with E-state index in [2.05, 4.69) is 18.3 Å². The molecule has 0 amide bonds. The number of Topliss-reactive ketones (excluding diaryl/α,β-unsaturated/α-hetero) is 1. The lowest BCUT2D eigenvalue weighted by molar-refractivity contribution is -0.129. The van der Waals surface area contributed by atoms with Crippen molar-refractivity contribution in [1.82, 2.24) is 5.32 Å². The van der Waals surface area contributed by atoms with Gasteiger partial charge in [-0.05, 0) is 36.9 Å². The number of ether oxygens (including phenoxy) is 2. The van der Waals surface area contributed by atoms with Crippen molar-refractivity contribution in [2.75, 3.05) is 13.7 Å². The quantitative estimate of drug-likeness (QED) is 0.924. The number of carbonyl (C=O) groups is 1. The molecule has 4 heteroatoms. The third-order valence-corrected chi connectivity index (χ3v) is 5.30. The van der Waals surface area contributed by atoms with Crippen LogP contribution in [0.2, 0.25) is 0 Å². The third kappa shape index (κ3) is 1.75. The zero-order chi connectivity index (χ0) is 14.6. The summed E-state index contributed by atoms with van der Waals surface area (Å²) in [6.45, 7) is 3.11. The summed E-state index contributed by atoms with van der Waals surface area (Å²) in [5.41, 5.74) is 2.56. The molecule has 0 saturated heterocycles. The SMILES string of the molecule is CCN[C@H]1Cc2ccc(OC)c3c2C2[C@H](O3)C(=O)CC[C@@H]21. The number of ketones is 1. The number of carbonyl (C=O) groups excluding carboxylic acids is 1. The third-order valence-electron chi connectivity index (χ3n) is 5.30. The van der Waals surface area contributed by atoms with Crippen LogP contribution < -0.4 is 14.8 Å². The number of rotatable bonds is 3. The van der Waals surface area contributed by atoms with Crippen molar-refractivity contribution in [2.24, 2.45) is 5.92 Å². The molecule has 1 N–H and O–H groups in total. The molecule has 1 aromatic rings. The maximum Gasteiger partial charge on any atom is 0.173 e. The Morgan fingerprint density at radius 3 is 3.05 bits per heavy atom. The fourth-order valence-electron chi connectivity index (χ4n) is 4.46. The van der Waals surface area contributed by atoms with Crippen molar-refractivity contribution < 1.29 is 14.3 Å². The largest absolute Gasteiger partial charge is 0.493 e. The highest BCUT2D eigenvalue weighted by Crippen LogP contribution is 2.55. The van der Waals surface area contributed by atoms with Crippen LogP contribution in [0.3, 0.4) is 0 Å². The van der Waals surface area contributed by atoms with Gasteiger partial charge in [0.05, 0.1) is 7.11 Å². The molecule has 2 aliphatic carbocycles. The molecule has 1 saturated carbocycles. The molecule has 1 unspecified atom stereocenters. The van der Waals surface area contributed by atoms with Crippen LogP contribution in [0.1, 0.15) is 36.8 Å². The fourth-order valence-corrected chi connectivity index (χ4v) is 4.46. The first-order valence-electron chi connectivity index (χ1n) is 7.87. The van der Waals surface area contributed by atoms with E-state index in [1.54, 1.807) is 7.11 Å². The van der Waals surface area contributed by atoms with Gasteiger partial charge in [-0.1, -0.05) is 13.0 Å². The van der Waals surface area contributed by atoms with Crippen molar-refractivity contribution in [3.05, 3.63) is 23.3 Å². The summed E-state index contributed by atoms with van der Waals surface area (Å²) >= 11 is 0. The normalized spacial score (nSPS) is 32.6. The Labute approximate surface area is 124 Å². The molecule has 0 spiro atoms. The fraction of sp³-hybridized carbons (Fsp3) is 0.588. The number of hydrogen-bond donors (Lipinski definition) is 1. The Balaban J connectivity index is 1.85. The lowest BCUT2D eigenvalue weighted by Gasteiger charge is -2.41. The average molecular weight is 287 g/mol. The summed E-state index contributed by atoms with van der Waals surface area (Å²) in [4.78, 5) is 12.3. The molecule has 4 nitrogen and oxygen atoms in total. The molecular weight excluding hydrogens is 266 g/mol. The van der Waals surface area contributed by atoms with Gasteiger partial charge >= 0.3 is 0 Å². The van der Waals surface area contributed by atoms with E-state index in [0.717, 1.165) is 30.9 Å². The van der Waals surface area contributed by atoms with E-state index in [1.165, 1.54) is 11.1 Å². The van der Waals surface area contributed by atoms with Gasteiger partial charge in [0.25, 0.3) is 0 Å². The summed E-state index contributed by atoms with van der Waals surface area (Å²) in [5, 5.41) is 3.61. The molecule has 21 heavy (non-hydrogen) atoms. The van der Waals surface area contributed by atoms with E-state index < -0.39 is 0 Å². The van der Waals surface area contributed by atoms with E-state index >= 15 is 0 Å². The second-order valence-corrected chi connectivity index (χ2v) is 6.27. The molecule has 4 atom stereocenters. The van der Waals surface area contributed by atoms with Gasteiger partial charge in [0.2, 0.25) is 0 Å². The molecule has 1 aromatic carbocycles. The summed E-state index contributed by atoms with van der Waals surface area (Å²) < 4.78 is 11.5. The zero-order valence-corrected chi connectivity index (χ0v) is 12.5. The number of likely N-dealkylation sites (N-methyl/N-ethyl adjacent to an activating group) is 1. The Morgan fingerprint density at radius 2 is 2.29 bits per heavy atom. The van der Waals surface area contributed by atoms with Crippen molar-refractivity contribution in [2.45, 2.75) is 44.2 Å². The zero-order valence-electron chi connectivity index (χ0n) is 12.5. The smallest absolute Gasteiger partial charge is 0.173 e. The second-order valence-electron chi connectivity index (χ2n) is 6.27. The number of methoxy groups -OCH3 is 1. The van der Waals surface area contributed by atoms with Crippen molar-refractivity contribution in [1.29, 1.82) is 0 Å². The van der Waals surface area contributed by atoms with Crippen LogP contribution in [0.15, 0.2) is 12.1 Å². The van der Waals surface area contributed by atoms with Crippen LogP contribution in [-0.2, 0) is 11.2 Å². The van der Waals surface area contributed by atoms with Gasteiger partial charge in [-0.25, -0.2) is 0 Å². The predicted molar refractivity (Wildman–Crippen MR) is 79.1 cm³/mol. The van der Waals surface area contributed by atoms with Crippen LogP contribution in [0.5, 0.6) is 11.5 Å². The first-order valence-corrected chi connectivity index (χ1v) is 7.87. The highest BCUT2D eigenvalue weighted by Gasteiger charge is 2.52. The first-order chi connectivity index (χ1) is 10.2. The van der Waals surface area contributed by atoms with Crippen molar-refractivity contribution in [3.63, 3.8) is 0 Å². The number of hydrogen-bond acceptors (Lipinski definition) is 4. The average Bonchev–Trinajstić information content (AvgIpc) is 2.90. The van der Waals surface area contributed by atoms with Gasteiger partial charge in [-0.2, -0.15) is 0 Å². The Hall–Kier alpha value is -1.55. The molecule has 1 fully saturated rings. The molecule has 0 radical (unpaired) electrons. The van der Waals surface area contributed by atoms with Crippen LogP contribution in [0.25, 0.3) is 0 Å². The molecule has 4 rings (SSSR count). The monoisotopic (exact) mass is 287 g/mol. The summed E-state index contributed by atoms with van der Waals surface area (Å²) in [5.74, 6) is 2.53. The molecule has 112 valence electrons. The first kappa shape index (κ1) is 13.1. The lowest BCUT2D eigenvalue weighted by Crippen LogP contribution is -2.50. The Kier molecular flexibility index (Phi) is 2.96. The van der Waals surface area contributed by atoms with Crippen LogP contribution in [0, 0.1) is 5.92 Å². The van der Waals surface area contributed by atoms with E-state index in [0.29, 0.717) is 18.4 Å². The topological polar surface area (TPSA) is 47.6 Å². The van der Waals surface area contributed by atoms with E-state index in [-0.39, 0.29) is 17.8 Å². The van der Waals surface area contributed by atoms with Gasteiger partial charge in [0.15, 0.2) is 23.4 Å². The van der Waals surface area contributed by atoms with Gasteiger partial charge in [-0.15, -0.1) is 0 Å². The molecular formula is C17H21NO3. The maximum absolute atomic E-state index is 12.3. The summed E-state index contributed by atoms with van der Waals surface area (Å²) in [7, 11) is 1.66. The highest BCUT2D eigenvalue weighted by molar-refractivity contribution is 5.87. The molecule has 1 heterocycles. The molecule has 3 aliphatic rings. The van der Waals surface area contributed by atoms with Gasteiger partial charge in [0.1, 0.15) is 0 Å². The molecule has 1 aliphatic heterocycles. The molecule has 0 bridgehead atoms. The molecule has 0 aromatic heterocycles. The van der Waals surface area contributed by atoms with E-state index in [1.807, 2.05) is 6.07 Å². The number of nitrogens with one attached hydrogen (secondary N) is 1. The van der Waals surface area contributed by atoms with Crippen LogP contribution >= 0.6 is 0 Å². The maximum atomic E-state index is 12.3. The summed E-state index contributed by atoms with van der Waals surface area (Å²) in [6, 6.07) is 4.56. The Morgan fingerprint density at radius 1 is 1.43 bits per heavy atom. The van der Waals surface area contributed by atoms with Crippen LogP contribution in [0.4, 0.5) is 0 Å². The van der Waals surface area contributed by atoms with Gasteiger partial charge < -0.3 is 14.8 Å². The standard InChI is InChI=1S/C17H21NO3/c1-3-18-11-8-9-4-7-13(20-2)17-14(9)15-10(11)5-6-12(19)16(15)21-17/h4,7,10-11,15-16,18H,3,5-6,8H2,1-2H3/t10-,11+,15?,16-/m1/s1. The van der Waals surface area contributed by atoms with Crippen molar-refractivity contribution in [3.8, 4) is 11.5 Å². The second kappa shape index (κ2) is 4.73. The number of benzene rings is 1. The van der Waals surface area contributed by atoms with E-state index in [4.69, 9.17) is 9.47 Å². The Bertz CT molecular complexity index is 598. The highest BCUT2D eigenvalue weighted by atomic mass is 16.5. The van der Waals surface area contributed by atoms with Gasteiger partial charge in [0, 0.05) is 23.9 Å². The van der Waals surface area contributed by atoms with E-state index in [9.17, 15) is 4.79 Å². The minimum absolute atomic E-state index is 0.212. The minimum atomic E-state index is -0.296. The van der Waals surface area contributed by atoms with Gasteiger partial charge in [-0.3, -0.25) is 4.79 Å². The lowest BCUT2D eigenvalue weighted by atomic mass is 9.65. The minimum Gasteiger partial charge on any atom is -0.493 e. The van der Waals surface area contributed by atoms with Crippen molar-refractivity contribution >= 4 is 5.78 Å². The van der Waals surface area contributed by atoms with Crippen LogP contribution in [-0.4, -0.2) is 31.6 Å². The summed E-state index contributed by atoms with van der Waals surface area (Å²) in [6.07, 6.45) is 2.33. The predicted octanol–water partition coefficient (Wildman–Crippen LogP) is 2.05.